The van der Waals surface area contributed by atoms with Gasteiger partial charge in [-0.3, -0.25) is 9.88 Å². The summed E-state index contributed by atoms with van der Waals surface area (Å²) in [5.41, 5.74) is 2.45. The van der Waals surface area contributed by atoms with Crippen molar-refractivity contribution in [2.24, 2.45) is 11.8 Å². The Bertz CT molecular complexity index is 727. The van der Waals surface area contributed by atoms with Crippen molar-refractivity contribution in [1.29, 1.82) is 0 Å². The van der Waals surface area contributed by atoms with E-state index in [0.29, 0.717) is 12.0 Å². The Morgan fingerprint density at radius 1 is 1.39 bits per heavy atom. The number of methoxy groups -OCH3 is 1. The Kier molecular flexibility index (Phi) is 3.82. The second-order valence-electron chi connectivity index (χ2n) is 6.89. The van der Waals surface area contributed by atoms with Crippen LogP contribution in [0, 0.1) is 11.8 Å². The summed E-state index contributed by atoms with van der Waals surface area (Å²) in [7, 11) is 1.72. The van der Waals surface area contributed by atoms with Gasteiger partial charge in [-0.2, -0.15) is 0 Å². The van der Waals surface area contributed by atoms with E-state index in [1.54, 1.807) is 7.11 Å². The lowest BCUT2D eigenvalue weighted by Gasteiger charge is -2.49. The number of hydrogen-bond donors (Lipinski definition) is 0. The van der Waals surface area contributed by atoms with Gasteiger partial charge < -0.3 is 4.74 Å². The molecule has 2 aromatic rings. The van der Waals surface area contributed by atoms with Crippen LogP contribution in [-0.2, 0) is 6.42 Å². The summed E-state index contributed by atoms with van der Waals surface area (Å²) in [6.45, 7) is 6.45. The number of nitrogens with zero attached hydrogens (tertiary/aromatic N) is 2. The highest BCUT2D eigenvalue weighted by molar-refractivity contribution is 5.83. The lowest BCUT2D eigenvalue weighted by atomic mass is 9.74. The molecule has 3 aliphatic rings. The predicted octanol–water partition coefficient (Wildman–Crippen LogP) is 3.68. The predicted molar refractivity (Wildman–Crippen MR) is 93.8 cm³/mol. The third-order valence-electron chi connectivity index (χ3n) is 5.73. The maximum absolute atomic E-state index is 5.40. The molecule has 23 heavy (non-hydrogen) atoms. The van der Waals surface area contributed by atoms with Gasteiger partial charge in [0, 0.05) is 24.2 Å². The van der Waals surface area contributed by atoms with Crippen LogP contribution in [0.2, 0.25) is 0 Å². The summed E-state index contributed by atoms with van der Waals surface area (Å²) in [6, 6.07) is 9.00. The first-order valence-corrected chi connectivity index (χ1v) is 8.56. The highest BCUT2D eigenvalue weighted by atomic mass is 16.5. The molecule has 0 spiro atoms. The van der Waals surface area contributed by atoms with Gasteiger partial charge in [0.05, 0.1) is 12.6 Å². The smallest absolute Gasteiger partial charge is 0.119 e. The highest BCUT2D eigenvalue weighted by Crippen LogP contribution is 2.38. The third kappa shape index (κ3) is 2.63. The lowest BCUT2D eigenvalue weighted by Crippen LogP contribution is -2.53. The molecule has 1 unspecified atom stereocenters. The maximum Gasteiger partial charge on any atom is 0.119 e. The second-order valence-corrected chi connectivity index (χ2v) is 6.89. The van der Waals surface area contributed by atoms with Crippen molar-refractivity contribution in [2.75, 3.05) is 20.2 Å². The zero-order valence-electron chi connectivity index (χ0n) is 13.7. The maximum atomic E-state index is 5.40. The Hall–Kier alpha value is -1.87. The van der Waals surface area contributed by atoms with E-state index in [1.165, 1.54) is 36.9 Å². The van der Waals surface area contributed by atoms with Crippen LogP contribution in [0.25, 0.3) is 10.9 Å². The standard InChI is InChI=1S/C20H24N2O/c1-3-14-13-22-9-7-15(14)10-17(22)11-16-6-8-21-20-5-4-18(23-2)12-19(16)20/h3-6,8,12,14-15,17H,1,7,9-11,13H2,2H3/t14-,15+,17+/m0/s1. The normalized spacial score (nSPS) is 29.6. The number of aromatic nitrogens is 1. The fourth-order valence-corrected chi connectivity index (χ4v) is 4.40. The van der Waals surface area contributed by atoms with Crippen LogP contribution >= 0.6 is 0 Å². The molecule has 120 valence electrons. The van der Waals surface area contributed by atoms with Crippen LogP contribution in [0.5, 0.6) is 5.75 Å². The topological polar surface area (TPSA) is 25.4 Å². The molecule has 1 aromatic heterocycles. The molecular weight excluding hydrogens is 284 g/mol. The summed E-state index contributed by atoms with van der Waals surface area (Å²) in [6.07, 6.45) is 7.84. The van der Waals surface area contributed by atoms with Crippen LogP contribution in [-0.4, -0.2) is 36.1 Å². The van der Waals surface area contributed by atoms with E-state index >= 15 is 0 Å². The largest absolute Gasteiger partial charge is 0.497 e. The van der Waals surface area contributed by atoms with E-state index in [2.05, 4.69) is 40.7 Å². The molecular formula is C20H24N2O. The summed E-state index contributed by atoms with van der Waals surface area (Å²) < 4.78 is 5.40. The zero-order chi connectivity index (χ0) is 15.8. The zero-order valence-corrected chi connectivity index (χ0v) is 13.7. The van der Waals surface area contributed by atoms with Gasteiger partial charge >= 0.3 is 0 Å². The number of hydrogen-bond acceptors (Lipinski definition) is 3. The SMILES string of the molecule is C=C[C@H]1CN2CC[C@@H]1C[C@@H]2Cc1ccnc2ccc(OC)cc12. The van der Waals surface area contributed by atoms with Crippen LogP contribution in [0.4, 0.5) is 0 Å². The van der Waals surface area contributed by atoms with Crippen LogP contribution in [0.1, 0.15) is 18.4 Å². The van der Waals surface area contributed by atoms with Gasteiger partial charge in [-0.05, 0) is 67.5 Å². The molecule has 0 saturated carbocycles. The average Bonchev–Trinajstić information content (AvgIpc) is 2.62. The van der Waals surface area contributed by atoms with E-state index < -0.39 is 0 Å². The minimum Gasteiger partial charge on any atom is -0.497 e. The first-order valence-electron chi connectivity index (χ1n) is 8.56. The molecule has 2 bridgehead atoms. The van der Waals surface area contributed by atoms with Crippen LogP contribution < -0.4 is 4.74 Å². The molecule has 4 atom stereocenters. The quantitative estimate of drug-likeness (QED) is 0.806. The van der Waals surface area contributed by atoms with Crippen molar-refractivity contribution in [1.82, 2.24) is 9.88 Å². The monoisotopic (exact) mass is 308 g/mol. The Balaban J connectivity index is 1.62. The second kappa shape index (κ2) is 5.97. The number of fused-ring (bicyclic) bond motifs is 4. The van der Waals surface area contributed by atoms with E-state index in [4.69, 9.17) is 4.74 Å². The van der Waals surface area contributed by atoms with Crippen molar-refractivity contribution >= 4 is 10.9 Å². The van der Waals surface area contributed by atoms with E-state index in [0.717, 1.165) is 23.6 Å². The molecule has 5 rings (SSSR count). The van der Waals surface area contributed by atoms with Gasteiger partial charge in [0.2, 0.25) is 0 Å². The Labute approximate surface area is 138 Å². The molecule has 3 saturated heterocycles. The first-order chi connectivity index (χ1) is 11.3. The van der Waals surface area contributed by atoms with Crippen molar-refractivity contribution in [3.8, 4) is 5.75 Å². The van der Waals surface area contributed by atoms with Gasteiger partial charge in [-0.1, -0.05) is 6.08 Å². The fourth-order valence-electron chi connectivity index (χ4n) is 4.40. The number of benzene rings is 1. The Morgan fingerprint density at radius 3 is 3.04 bits per heavy atom. The molecule has 0 radical (unpaired) electrons. The third-order valence-corrected chi connectivity index (χ3v) is 5.73. The molecule has 4 heterocycles. The van der Waals surface area contributed by atoms with Crippen LogP contribution in [0.3, 0.4) is 0 Å². The van der Waals surface area contributed by atoms with Gasteiger partial charge in [0.25, 0.3) is 0 Å². The van der Waals surface area contributed by atoms with Gasteiger partial charge in [0.15, 0.2) is 0 Å². The molecule has 3 fully saturated rings. The summed E-state index contributed by atoms with van der Waals surface area (Å²) >= 11 is 0. The molecule has 1 aromatic carbocycles. The Morgan fingerprint density at radius 2 is 2.30 bits per heavy atom. The minimum atomic E-state index is 0.654. The lowest BCUT2D eigenvalue weighted by molar-refractivity contribution is 0.0196. The van der Waals surface area contributed by atoms with E-state index in [9.17, 15) is 0 Å². The number of piperidine rings is 3. The minimum absolute atomic E-state index is 0.654. The number of pyridine rings is 1. The van der Waals surface area contributed by atoms with E-state index in [1.807, 2.05) is 12.3 Å². The molecule has 0 amide bonds. The van der Waals surface area contributed by atoms with Crippen LogP contribution in [0.15, 0.2) is 43.1 Å². The molecule has 3 heteroatoms. The fraction of sp³-hybridized carbons (Fsp3) is 0.450. The summed E-state index contributed by atoms with van der Waals surface area (Å²) in [5.74, 6) is 2.42. The van der Waals surface area contributed by atoms with Crippen molar-refractivity contribution in [3.63, 3.8) is 0 Å². The van der Waals surface area contributed by atoms with Gasteiger partial charge in [-0.25, -0.2) is 0 Å². The summed E-state index contributed by atoms with van der Waals surface area (Å²) in [4.78, 5) is 7.17. The number of ether oxygens (including phenoxy) is 1. The molecule has 0 aliphatic carbocycles. The molecule has 3 nitrogen and oxygen atoms in total. The van der Waals surface area contributed by atoms with E-state index in [-0.39, 0.29) is 0 Å². The van der Waals surface area contributed by atoms with Gasteiger partial charge in [-0.15, -0.1) is 6.58 Å². The van der Waals surface area contributed by atoms with Crippen molar-refractivity contribution in [2.45, 2.75) is 25.3 Å². The molecule has 3 aliphatic heterocycles. The summed E-state index contributed by atoms with van der Waals surface area (Å²) in [5, 5.41) is 1.23. The molecule has 0 N–H and O–H groups in total. The van der Waals surface area contributed by atoms with Crippen molar-refractivity contribution < 1.29 is 4.74 Å². The number of rotatable bonds is 4. The van der Waals surface area contributed by atoms with Gasteiger partial charge in [0.1, 0.15) is 5.75 Å². The first kappa shape index (κ1) is 14.7. The van der Waals surface area contributed by atoms with Crippen molar-refractivity contribution in [3.05, 3.63) is 48.7 Å². The highest BCUT2D eigenvalue weighted by Gasteiger charge is 2.38. The average molecular weight is 308 g/mol.